The van der Waals surface area contributed by atoms with Crippen molar-refractivity contribution in [3.8, 4) is 0 Å². The lowest BCUT2D eigenvalue weighted by Gasteiger charge is -2.20. The number of benzene rings is 2. The van der Waals surface area contributed by atoms with E-state index in [2.05, 4.69) is 56.3 Å². The van der Waals surface area contributed by atoms with Gasteiger partial charge in [-0.1, -0.05) is 140 Å². The predicted molar refractivity (Wildman–Crippen MR) is 127 cm³/mol. The van der Waals surface area contributed by atoms with Crippen LogP contribution in [0.5, 0.6) is 0 Å². The molecular weight excluding hydrogens is 336 g/mol. The molecular formula is C28H44. The summed E-state index contributed by atoms with van der Waals surface area (Å²) in [6.45, 7) is 4.61. The van der Waals surface area contributed by atoms with Crippen LogP contribution in [0, 0.1) is 0 Å². The summed E-state index contributed by atoms with van der Waals surface area (Å²) in [6, 6.07) is 15.9. The smallest absolute Gasteiger partial charge is 0.0149 e. The zero-order valence-corrected chi connectivity index (χ0v) is 18.7. The Hall–Kier alpha value is -1.30. The summed E-state index contributed by atoms with van der Waals surface area (Å²) in [5.41, 5.74) is 1.61. The van der Waals surface area contributed by atoms with Gasteiger partial charge in [0.1, 0.15) is 0 Å². The summed E-state index contributed by atoms with van der Waals surface area (Å²) < 4.78 is 0. The lowest BCUT2D eigenvalue weighted by Crippen LogP contribution is -2.01. The van der Waals surface area contributed by atoms with Crippen LogP contribution >= 0.6 is 0 Å². The summed E-state index contributed by atoms with van der Waals surface area (Å²) in [4.78, 5) is 0. The Morgan fingerprint density at radius 3 is 1.64 bits per heavy atom. The van der Waals surface area contributed by atoms with Crippen LogP contribution in [-0.2, 0) is 0 Å². The van der Waals surface area contributed by atoms with Gasteiger partial charge in [-0.05, 0) is 35.1 Å². The molecule has 0 amide bonds. The zero-order chi connectivity index (χ0) is 19.9. The van der Waals surface area contributed by atoms with Crippen molar-refractivity contribution >= 4 is 10.8 Å². The zero-order valence-electron chi connectivity index (χ0n) is 18.7. The van der Waals surface area contributed by atoms with Gasteiger partial charge in [-0.2, -0.15) is 0 Å². The lowest BCUT2D eigenvalue weighted by atomic mass is 9.85. The second-order valence-corrected chi connectivity index (χ2v) is 8.73. The van der Waals surface area contributed by atoms with Crippen molar-refractivity contribution in [1.82, 2.24) is 0 Å². The molecule has 156 valence electrons. The van der Waals surface area contributed by atoms with Crippen molar-refractivity contribution < 1.29 is 0 Å². The van der Waals surface area contributed by atoms with Crippen LogP contribution in [0.2, 0.25) is 0 Å². The molecule has 0 saturated heterocycles. The van der Waals surface area contributed by atoms with Gasteiger partial charge in [0.2, 0.25) is 0 Å². The quantitative estimate of drug-likeness (QED) is 0.254. The van der Waals surface area contributed by atoms with Crippen LogP contribution in [0.1, 0.15) is 122 Å². The van der Waals surface area contributed by atoms with Crippen molar-refractivity contribution in [2.75, 3.05) is 0 Å². The summed E-state index contributed by atoms with van der Waals surface area (Å²) >= 11 is 0. The van der Waals surface area contributed by atoms with E-state index >= 15 is 0 Å². The van der Waals surface area contributed by atoms with Gasteiger partial charge in [-0.15, -0.1) is 0 Å². The molecule has 0 aliphatic heterocycles. The minimum Gasteiger partial charge on any atom is -0.0654 e. The Morgan fingerprint density at radius 2 is 1.04 bits per heavy atom. The summed E-state index contributed by atoms with van der Waals surface area (Å²) in [5.74, 6) is 0.743. The highest BCUT2D eigenvalue weighted by Crippen LogP contribution is 2.33. The second kappa shape index (κ2) is 14.7. The van der Waals surface area contributed by atoms with Gasteiger partial charge in [0.05, 0.1) is 0 Å². The number of rotatable bonds is 16. The van der Waals surface area contributed by atoms with Gasteiger partial charge in [-0.3, -0.25) is 0 Å². The van der Waals surface area contributed by atoms with Crippen LogP contribution in [-0.4, -0.2) is 0 Å². The van der Waals surface area contributed by atoms with Crippen LogP contribution in [0.4, 0.5) is 0 Å². The largest absolute Gasteiger partial charge is 0.0654 e. The van der Waals surface area contributed by atoms with Gasteiger partial charge < -0.3 is 0 Å². The summed E-state index contributed by atoms with van der Waals surface area (Å²) in [7, 11) is 0. The topological polar surface area (TPSA) is 0 Å². The molecule has 0 N–H and O–H groups in total. The molecule has 0 aliphatic rings. The molecule has 0 nitrogen and oxygen atoms in total. The predicted octanol–water partition coefficient (Wildman–Crippen LogP) is 9.81. The number of fused-ring (bicyclic) bond motifs is 1. The molecule has 0 heterocycles. The van der Waals surface area contributed by atoms with Crippen molar-refractivity contribution in [2.24, 2.45) is 0 Å². The normalized spacial score (nSPS) is 12.5. The van der Waals surface area contributed by atoms with E-state index in [9.17, 15) is 0 Å². The minimum atomic E-state index is 0.743. The van der Waals surface area contributed by atoms with Gasteiger partial charge in [0.15, 0.2) is 0 Å². The molecule has 1 atom stereocenters. The Bertz CT molecular complexity index is 621. The standard InChI is InChI=1S/C28H44/c1-3-5-7-9-11-13-15-20-25(19-14-12-10-8-6-4-2)28-24-18-22-26-21-16-17-23-27(26)28/h16-18,21-25H,3-15,19-20H2,1-2H3. The number of hydrogen-bond acceptors (Lipinski definition) is 0. The average Bonchev–Trinajstić information content (AvgIpc) is 2.73. The fourth-order valence-corrected chi connectivity index (χ4v) is 4.58. The van der Waals surface area contributed by atoms with E-state index in [0.29, 0.717) is 0 Å². The Labute approximate surface area is 175 Å². The molecule has 2 rings (SSSR count). The van der Waals surface area contributed by atoms with Gasteiger partial charge in [-0.25, -0.2) is 0 Å². The van der Waals surface area contributed by atoms with Crippen LogP contribution in [0.3, 0.4) is 0 Å². The van der Waals surface area contributed by atoms with Crippen molar-refractivity contribution in [3.63, 3.8) is 0 Å². The first-order chi connectivity index (χ1) is 13.9. The van der Waals surface area contributed by atoms with Gasteiger partial charge >= 0.3 is 0 Å². The van der Waals surface area contributed by atoms with E-state index in [1.165, 1.54) is 107 Å². The fourth-order valence-electron chi connectivity index (χ4n) is 4.58. The first-order valence-corrected chi connectivity index (χ1v) is 12.3. The van der Waals surface area contributed by atoms with E-state index in [4.69, 9.17) is 0 Å². The molecule has 0 saturated carbocycles. The third-order valence-corrected chi connectivity index (χ3v) is 6.33. The van der Waals surface area contributed by atoms with E-state index in [1.807, 2.05) is 0 Å². The molecule has 2 aromatic carbocycles. The van der Waals surface area contributed by atoms with E-state index in [-0.39, 0.29) is 0 Å². The highest BCUT2D eigenvalue weighted by molar-refractivity contribution is 5.86. The van der Waals surface area contributed by atoms with E-state index < -0.39 is 0 Å². The maximum absolute atomic E-state index is 2.41. The van der Waals surface area contributed by atoms with Crippen molar-refractivity contribution in [1.29, 1.82) is 0 Å². The molecule has 0 radical (unpaired) electrons. The highest BCUT2D eigenvalue weighted by atomic mass is 14.2. The third kappa shape index (κ3) is 8.38. The monoisotopic (exact) mass is 380 g/mol. The molecule has 0 spiro atoms. The molecule has 0 aliphatic carbocycles. The summed E-state index contributed by atoms with van der Waals surface area (Å²) in [6.07, 6.45) is 21.0. The Morgan fingerprint density at radius 1 is 0.536 bits per heavy atom. The minimum absolute atomic E-state index is 0.743. The molecule has 28 heavy (non-hydrogen) atoms. The molecule has 0 bridgehead atoms. The van der Waals surface area contributed by atoms with E-state index in [0.717, 1.165) is 5.92 Å². The van der Waals surface area contributed by atoms with Gasteiger partial charge in [0, 0.05) is 0 Å². The summed E-state index contributed by atoms with van der Waals surface area (Å²) in [5, 5.41) is 2.90. The molecule has 2 aromatic rings. The first-order valence-electron chi connectivity index (χ1n) is 12.3. The molecule has 0 fully saturated rings. The Kier molecular flexibility index (Phi) is 12.0. The van der Waals surface area contributed by atoms with Gasteiger partial charge in [0.25, 0.3) is 0 Å². The van der Waals surface area contributed by atoms with E-state index in [1.54, 1.807) is 5.56 Å². The number of unbranched alkanes of at least 4 members (excludes halogenated alkanes) is 11. The Balaban J connectivity index is 1.90. The van der Waals surface area contributed by atoms with Crippen molar-refractivity contribution in [2.45, 2.75) is 116 Å². The maximum atomic E-state index is 2.41. The second-order valence-electron chi connectivity index (χ2n) is 8.73. The molecule has 0 aromatic heterocycles. The average molecular weight is 381 g/mol. The molecule has 0 heteroatoms. The van der Waals surface area contributed by atoms with Crippen molar-refractivity contribution in [3.05, 3.63) is 48.0 Å². The van der Waals surface area contributed by atoms with Crippen LogP contribution in [0.25, 0.3) is 10.8 Å². The first kappa shape index (κ1) is 23.0. The third-order valence-electron chi connectivity index (χ3n) is 6.33. The van der Waals surface area contributed by atoms with Crippen LogP contribution in [0.15, 0.2) is 42.5 Å². The molecule has 1 unspecified atom stereocenters. The lowest BCUT2D eigenvalue weighted by molar-refractivity contribution is 0.487. The highest BCUT2D eigenvalue weighted by Gasteiger charge is 2.14. The fraction of sp³-hybridized carbons (Fsp3) is 0.643. The maximum Gasteiger partial charge on any atom is -0.0149 e. The SMILES string of the molecule is CCCCCCCCCC(CCCCCCCC)c1cccc2ccccc12. The van der Waals surface area contributed by atoms with Crippen LogP contribution < -0.4 is 0 Å². The number of hydrogen-bond donors (Lipinski definition) is 0.